The monoisotopic (exact) mass is 400 g/mol. The molecule has 0 radical (unpaired) electrons. The molecule has 2 N–H and O–H groups in total. The molecule has 2 aromatic rings. The fourth-order valence-electron chi connectivity index (χ4n) is 2.84. The minimum atomic E-state index is -4.97. The highest BCUT2D eigenvalue weighted by molar-refractivity contribution is 7.92. The average Bonchev–Trinajstić information content (AvgIpc) is 2.59. The van der Waals surface area contributed by atoms with Crippen LogP contribution in [0.5, 0.6) is 5.75 Å². The predicted octanol–water partition coefficient (Wildman–Crippen LogP) is 2.64. The van der Waals surface area contributed by atoms with Crippen molar-refractivity contribution in [1.82, 2.24) is 4.90 Å². The summed E-state index contributed by atoms with van der Waals surface area (Å²) in [6.07, 6.45) is -4.77. The minimum absolute atomic E-state index is 0.0843. The number of anilines is 1. The number of aromatic hydroxyl groups is 1. The second-order valence-electron chi connectivity index (χ2n) is 6.06. The van der Waals surface area contributed by atoms with Crippen molar-refractivity contribution >= 4 is 21.6 Å². The molecule has 0 aliphatic carbocycles. The van der Waals surface area contributed by atoms with Crippen LogP contribution in [0.25, 0.3) is 0 Å². The molecular weight excluding hydrogens is 385 g/mol. The van der Waals surface area contributed by atoms with E-state index in [2.05, 4.69) is 4.72 Å². The highest BCUT2D eigenvalue weighted by Crippen LogP contribution is 2.27. The standard InChI is InChI=1S/C17H15F3N2O4S/c18-17(19,20)16(24)22-7-6-11-4-5-15(8-12(11)10-22)27(25,26)21-13-2-1-3-14(23)9-13/h1-5,8-9,21,23H,6-7,10H2. The van der Waals surface area contributed by atoms with Crippen LogP contribution in [-0.4, -0.2) is 37.1 Å². The van der Waals surface area contributed by atoms with Crippen molar-refractivity contribution in [2.45, 2.75) is 24.0 Å². The maximum Gasteiger partial charge on any atom is 0.471 e. The molecule has 0 saturated heterocycles. The quantitative estimate of drug-likeness (QED) is 0.829. The third-order valence-electron chi connectivity index (χ3n) is 4.13. The number of nitrogens with one attached hydrogen (secondary N) is 1. The molecule has 0 bridgehead atoms. The first kappa shape index (κ1) is 19.0. The Morgan fingerprint density at radius 3 is 2.52 bits per heavy atom. The van der Waals surface area contributed by atoms with Gasteiger partial charge in [-0.05, 0) is 41.8 Å². The first-order valence-corrected chi connectivity index (χ1v) is 9.34. The van der Waals surface area contributed by atoms with Crippen molar-refractivity contribution in [3.8, 4) is 5.75 Å². The molecule has 10 heteroatoms. The van der Waals surface area contributed by atoms with Gasteiger partial charge in [0, 0.05) is 19.2 Å². The highest BCUT2D eigenvalue weighted by atomic mass is 32.2. The number of fused-ring (bicyclic) bond motifs is 1. The Hall–Kier alpha value is -2.75. The molecule has 0 saturated carbocycles. The molecule has 27 heavy (non-hydrogen) atoms. The van der Waals surface area contributed by atoms with Crippen LogP contribution in [0, 0.1) is 0 Å². The third-order valence-corrected chi connectivity index (χ3v) is 5.51. The van der Waals surface area contributed by atoms with E-state index < -0.39 is 22.1 Å². The van der Waals surface area contributed by atoms with E-state index in [-0.39, 0.29) is 35.8 Å². The van der Waals surface area contributed by atoms with Crippen LogP contribution in [0.3, 0.4) is 0 Å². The van der Waals surface area contributed by atoms with Crippen LogP contribution in [0.15, 0.2) is 47.4 Å². The number of alkyl halides is 3. The van der Waals surface area contributed by atoms with Crippen molar-refractivity contribution in [1.29, 1.82) is 0 Å². The molecule has 6 nitrogen and oxygen atoms in total. The van der Waals surface area contributed by atoms with Gasteiger partial charge in [-0.2, -0.15) is 13.2 Å². The first-order chi connectivity index (χ1) is 12.6. The summed E-state index contributed by atoms with van der Waals surface area (Å²) in [6, 6.07) is 9.64. The van der Waals surface area contributed by atoms with Crippen molar-refractivity contribution in [3.05, 3.63) is 53.6 Å². The number of carbonyl (C=O) groups excluding carboxylic acids is 1. The van der Waals surface area contributed by atoms with Crippen molar-refractivity contribution in [3.63, 3.8) is 0 Å². The molecule has 0 unspecified atom stereocenters. The number of hydrogen-bond donors (Lipinski definition) is 2. The normalized spacial score (nSPS) is 14.6. The maximum absolute atomic E-state index is 12.6. The molecule has 0 atom stereocenters. The molecule has 0 spiro atoms. The topological polar surface area (TPSA) is 86.7 Å². The van der Waals surface area contributed by atoms with Crippen LogP contribution >= 0.6 is 0 Å². The molecule has 2 aromatic carbocycles. The van der Waals surface area contributed by atoms with Gasteiger partial charge >= 0.3 is 12.1 Å². The summed E-state index contributed by atoms with van der Waals surface area (Å²) in [5, 5.41) is 9.42. The van der Waals surface area contributed by atoms with E-state index in [0.717, 1.165) is 0 Å². The summed E-state index contributed by atoms with van der Waals surface area (Å²) in [6.45, 7) is -0.401. The Morgan fingerprint density at radius 1 is 1.11 bits per heavy atom. The van der Waals surface area contributed by atoms with Gasteiger partial charge in [0.1, 0.15) is 5.75 Å². The largest absolute Gasteiger partial charge is 0.508 e. The predicted molar refractivity (Wildman–Crippen MR) is 90.5 cm³/mol. The molecule has 1 amide bonds. The van der Waals surface area contributed by atoms with E-state index in [1.54, 1.807) is 0 Å². The van der Waals surface area contributed by atoms with Gasteiger partial charge in [0.25, 0.3) is 10.0 Å². The Morgan fingerprint density at radius 2 is 1.85 bits per heavy atom. The summed E-state index contributed by atoms with van der Waals surface area (Å²) >= 11 is 0. The number of amides is 1. The van der Waals surface area contributed by atoms with Gasteiger partial charge in [-0.3, -0.25) is 9.52 Å². The maximum atomic E-state index is 12.6. The minimum Gasteiger partial charge on any atom is -0.508 e. The molecule has 0 aromatic heterocycles. The first-order valence-electron chi connectivity index (χ1n) is 7.86. The lowest BCUT2D eigenvalue weighted by atomic mass is 10.00. The molecule has 3 rings (SSSR count). The second kappa shape index (κ2) is 6.76. The number of sulfonamides is 1. The molecule has 144 valence electrons. The zero-order chi connectivity index (χ0) is 19.8. The number of hydrogen-bond acceptors (Lipinski definition) is 4. The van der Waals surface area contributed by atoms with Crippen LogP contribution < -0.4 is 4.72 Å². The fraction of sp³-hybridized carbons (Fsp3) is 0.235. The lowest BCUT2D eigenvalue weighted by Gasteiger charge is -2.29. The van der Waals surface area contributed by atoms with E-state index >= 15 is 0 Å². The highest BCUT2D eigenvalue weighted by Gasteiger charge is 2.43. The van der Waals surface area contributed by atoms with Gasteiger partial charge in [0.2, 0.25) is 0 Å². The Labute approximate surface area is 153 Å². The Bertz CT molecular complexity index is 990. The van der Waals surface area contributed by atoms with Gasteiger partial charge in [0.05, 0.1) is 10.6 Å². The van der Waals surface area contributed by atoms with Crippen LogP contribution in [-0.2, 0) is 27.8 Å². The Kier molecular flexibility index (Phi) is 4.77. The number of benzene rings is 2. The van der Waals surface area contributed by atoms with Crippen molar-refractivity contribution in [2.75, 3.05) is 11.3 Å². The van der Waals surface area contributed by atoms with Gasteiger partial charge in [0.15, 0.2) is 0 Å². The molecular formula is C17H15F3N2O4S. The van der Waals surface area contributed by atoms with Gasteiger partial charge in [-0.25, -0.2) is 8.42 Å². The molecule has 0 fully saturated rings. The summed E-state index contributed by atoms with van der Waals surface area (Å²) in [4.78, 5) is 11.9. The molecule has 1 heterocycles. The fourth-order valence-corrected chi connectivity index (χ4v) is 3.94. The van der Waals surface area contributed by atoms with E-state index in [0.29, 0.717) is 16.0 Å². The van der Waals surface area contributed by atoms with Crippen molar-refractivity contribution < 1.29 is 31.5 Å². The SMILES string of the molecule is O=C(N1CCc2ccc(S(=O)(=O)Nc3cccc(O)c3)cc2C1)C(F)(F)F. The van der Waals surface area contributed by atoms with Gasteiger partial charge in [-0.15, -0.1) is 0 Å². The number of nitrogens with zero attached hydrogens (tertiary/aromatic N) is 1. The smallest absolute Gasteiger partial charge is 0.471 e. The summed E-state index contributed by atoms with van der Waals surface area (Å²) in [5.74, 6) is -2.07. The summed E-state index contributed by atoms with van der Waals surface area (Å²) < 4.78 is 65.2. The number of phenolic OH excluding ortho intramolecular Hbond substituents is 1. The zero-order valence-electron chi connectivity index (χ0n) is 13.8. The van der Waals surface area contributed by atoms with E-state index in [4.69, 9.17) is 0 Å². The lowest BCUT2D eigenvalue weighted by Crippen LogP contribution is -2.43. The van der Waals surface area contributed by atoms with E-state index in [1.807, 2.05) is 0 Å². The molecule has 1 aliphatic heterocycles. The lowest BCUT2D eigenvalue weighted by molar-refractivity contribution is -0.186. The van der Waals surface area contributed by atoms with Gasteiger partial charge in [-0.1, -0.05) is 12.1 Å². The number of rotatable bonds is 3. The van der Waals surface area contributed by atoms with Gasteiger partial charge < -0.3 is 10.0 Å². The summed E-state index contributed by atoms with van der Waals surface area (Å²) in [5.41, 5.74) is 1.18. The van der Waals surface area contributed by atoms with Crippen molar-refractivity contribution in [2.24, 2.45) is 0 Å². The number of carbonyl (C=O) groups is 1. The number of halogens is 3. The number of phenols is 1. The van der Waals surface area contributed by atoms with E-state index in [9.17, 15) is 31.5 Å². The zero-order valence-corrected chi connectivity index (χ0v) is 14.6. The third kappa shape index (κ3) is 4.16. The van der Waals surface area contributed by atoms with Crippen LogP contribution in [0.1, 0.15) is 11.1 Å². The molecule has 1 aliphatic rings. The van der Waals surface area contributed by atoms with E-state index in [1.165, 1.54) is 42.5 Å². The summed E-state index contributed by atoms with van der Waals surface area (Å²) in [7, 11) is -4.02. The average molecular weight is 400 g/mol. The van der Waals surface area contributed by atoms with Crippen LogP contribution in [0.2, 0.25) is 0 Å². The Balaban J connectivity index is 1.86. The second-order valence-corrected chi connectivity index (χ2v) is 7.74. The van der Waals surface area contributed by atoms with Crippen LogP contribution in [0.4, 0.5) is 18.9 Å².